The number of hydrogen-bond donors (Lipinski definition) is 1. The first-order valence-electron chi connectivity index (χ1n) is 2.83. The number of rotatable bonds is 0. The number of urea groups is 1. The number of amidine groups is 1. The zero-order valence-electron chi connectivity index (χ0n) is 6.83. The highest BCUT2D eigenvalue weighted by atomic mass is 35.5. The standard InChI is InChI=1S/C5H9N3OS.ClH.H2O/c1-7-3-10-4(6)8(2)5(7)9;;/h6H,3H2,1-2H3;1H;1H2. The van der Waals surface area contributed by atoms with E-state index in [1.54, 1.807) is 19.0 Å². The summed E-state index contributed by atoms with van der Waals surface area (Å²) in [6, 6.07) is -0.108. The average molecular weight is 214 g/mol. The van der Waals surface area contributed by atoms with Crippen LogP contribution in [0.25, 0.3) is 0 Å². The quantitative estimate of drug-likeness (QED) is 0.624. The Hall–Kier alpha value is -0.460. The second-order valence-electron chi connectivity index (χ2n) is 2.12. The molecule has 1 rings (SSSR count). The Labute approximate surface area is 81.3 Å². The molecule has 5 nitrogen and oxygen atoms in total. The van der Waals surface area contributed by atoms with E-state index < -0.39 is 0 Å². The van der Waals surface area contributed by atoms with Gasteiger partial charge in [-0.15, -0.1) is 12.4 Å². The maximum Gasteiger partial charge on any atom is 0.326 e. The maximum absolute atomic E-state index is 11.0. The molecule has 0 saturated carbocycles. The van der Waals surface area contributed by atoms with Crippen molar-refractivity contribution >= 4 is 35.4 Å². The van der Waals surface area contributed by atoms with Gasteiger partial charge in [-0.2, -0.15) is 0 Å². The van der Waals surface area contributed by atoms with Crippen LogP contribution in [0.1, 0.15) is 0 Å². The van der Waals surface area contributed by atoms with Gasteiger partial charge in [0.2, 0.25) is 0 Å². The van der Waals surface area contributed by atoms with E-state index in [4.69, 9.17) is 5.41 Å². The predicted octanol–water partition coefficient (Wildman–Crippen LogP) is 0.206. The third kappa shape index (κ3) is 2.54. The van der Waals surface area contributed by atoms with Crippen molar-refractivity contribution in [1.82, 2.24) is 9.80 Å². The number of carbonyl (C=O) groups is 1. The first kappa shape index (κ1) is 14.1. The zero-order chi connectivity index (χ0) is 7.72. The van der Waals surface area contributed by atoms with Gasteiger partial charge < -0.3 is 10.4 Å². The maximum atomic E-state index is 11.0. The van der Waals surface area contributed by atoms with Gasteiger partial charge in [0.25, 0.3) is 0 Å². The van der Waals surface area contributed by atoms with Gasteiger partial charge >= 0.3 is 6.03 Å². The molecule has 0 aromatic rings. The van der Waals surface area contributed by atoms with Crippen molar-refractivity contribution in [2.75, 3.05) is 20.0 Å². The summed E-state index contributed by atoms with van der Waals surface area (Å²) in [6.45, 7) is 0. The number of nitrogens with zero attached hydrogens (tertiary/aromatic N) is 2. The Balaban J connectivity index is 0. The van der Waals surface area contributed by atoms with E-state index in [0.29, 0.717) is 11.0 Å². The molecule has 0 aromatic heterocycles. The van der Waals surface area contributed by atoms with Crippen molar-refractivity contribution < 1.29 is 10.3 Å². The fourth-order valence-electron chi connectivity index (χ4n) is 0.653. The number of carbonyl (C=O) groups excluding carboxylic acids is 1. The van der Waals surface area contributed by atoms with Crippen molar-refractivity contribution in [3.63, 3.8) is 0 Å². The van der Waals surface area contributed by atoms with E-state index in [1.165, 1.54) is 16.7 Å². The van der Waals surface area contributed by atoms with Crippen LogP contribution in [0.5, 0.6) is 0 Å². The Morgan fingerprint density at radius 1 is 1.50 bits per heavy atom. The van der Waals surface area contributed by atoms with Gasteiger partial charge in [-0.25, -0.2) is 4.79 Å². The van der Waals surface area contributed by atoms with E-state index in [-0.39, 0.29) is 23.9 Å². The van der Waals surface area contributed by atoms with Crippen LogP contribution in [0.3, 0.4) is 0 Å². The molecule has 3 N–H and O–H groups in total. The van der Waals surface area contributed by atoms with E-state index in [0.717, 1.165) is 0 Å². The third-order valence-corrected chi connectivity index (χ3v) is 2.38. The highest BCUT2D eigenvalue weighted by Gasteiger charge is 2.23. The minimum absolute atomic E-state index is 0. The summed E-state index contributed by atoms with van der Waals surface area (Å²) < 4.78 is 0. The van der Waals surface area contributed by atoms with Crippen LogP contribution < -0.4 is 0 Å². The first-order valence-corrected chi connectivity index (χ1v) is 3.81. The lowest BCUT2D eigenvalue weighted by Gasteiger charge is -2.29. The van der Waals surface area contributed by atoms with Crippen LogP contribution >= 0.6 is 24.2 Å². The molecule has 1 aliphatic heterocycles. The first-order chi connectivity index (χ1) is 4.63. The molecule has 0 aromatic carbocycles. The predicted molar refractivity (Wildman–Crippen MR) is 52.0 cm³/mol. The molecule has 2 amide bonds. The number of hydrogen-bond acceptors (Lipinski definition) is 3. The SMILES string of the molecule is CN1CSC(=N)N(C)C1=O.Cl.O. The second-order valence-corrected chi connectivity index (χ2v) is 3.05. The fourth-order valence-corrected chi connectivity index (χ4v) is 1.35. The van der Waals surface area contributed by atoms with Gasteiger partial charge in [0.15, 0.2) is 5.17 Å². The summed E-state index contributed by atoms with van der Waals surface area (Å²) in [5, 5.41) is 7.58. The Morgan fingerprint density at radius 3 is 2.42 bits per heavy atom. The Kier molecular flexibility index (Phi) is 6.14. The fraction of sp³-hybridized carbons (Fsp3) is 0.600. The van der Waals surface area contributed by atoms with Crippen LogP contribution in [0.2, 0.25) is 0 Å². The van der Waals surface area contributed by atoms with Gasteiger partial charge in [0, 0.05) is 14.1 Å². The smallest absolute Gasteiger partial charge is 0.326 e. The summed E-state index contributed by atoms with van der Waals surface area (Å²) in [6.07, 6.45) is 0. The number of amides is 2. The molecule has 0 atom stereocenters. The van der Waals surface area contributed by atoms with Gasteiger partial charge in [0.1, 0.15) is 0 Å². The summed E-state index contributed by atoms with van der Waals surface area (Å²) in [5.41, 5.74) is 0. The molecule has 0 spiro atoms. The molecule has 0 aliphatic carbocycles. The van der Waals surface area contributed by atoms with Crippen molar-refractivity contribution in [2.24, 2.45) is 0 Å². The van der Waals surface area contributed by atoms with Crippen molar-refractivity contribution in [3.05, 3.63) is 0 Å². The normalized spacial score (nSPS) is 16.8. The molecule has 1 fully saturated rings. The van der Waals surface area contributed by atoms with E-state index in [1.807, 2.05) is 0 Å². The second kappa shape index (κ2) is 5.23. The minimum Gasteiger partial charge on any atom is -0.412 e. The third-order valence-electron chi connectivity index (χ3n) is 1.31. The van der Waals surface area contributed by atoms with Crippen molar-refractivity contribution in [1.29, 1.82) is 5.41 Å². The van der Waals surface area contributed by atoms with Crippen molar-refractivity contribution in [2.45, 2.75) is 0 Å². The molecule has 72 valence electrons. The molecule has 1 heterocycles. The lowest BCUT2D eigenvalue weighted by molar-refractivity contribution is 0.198. The molecule has 0 unspecified atom stereocenters. The molecule has 7 heteroatoms. The van der Waals surface area contributed by atoms with E-state index >= 15 is 0 Å². The summed E-state index contributed by atoms with van der Waals surface area (Å²) in [5.74, 6) is 0.585. The van der Waals surface area contributed by atoms with Crippen LogP contribution in [-0.4, -0.2) is 46.4 Å². The van der Waals surface area contributed by atoms with Crippen LogP contribution in [0.15, 0.2) is 0 Å². The molecule has 1 saturated heterocycles. The van der Waals surface area contributed by atoms with Gasteiger partial charge in [0.05, 0.1) is 5.88 Å². The van der Waals surface area contributed by atoms with E-state index in [2.05, 4.69) is 0 Å². The Morgan fingerprint density at radius 2 is 2.00 bits per heavy atom. The minimum atomic E-state index is -0.108. The molecule has 0 radical (unpaired) electrons. The highest BCUT2D eigenvalue weighted by molar-refractivity contribution is 8.13. The Bertz CT molecular complexity index is 190. The molecule has 0 bridgehead atoms. The number of nitrogens with one attached hydrogen (secondary N) is 1. The van der Waals surface area contributed by atoms with Gasteiger partial charge in [-0.1, -0.05) is 11.8 Å². The largest absolute Gasteiger partial charge is 0.412 e. The van der Waals surface area contributed by atoms with Gasteiger partial charge in [-0.05, 0) is 0 Å². The highest BCUT2D eigenvalue weighted by Crippen LogP contribution is 2.15. The molecule has 12 heavy (non-hydrogen) atoms. The monoisotopic (exact) mass is 213 g/mol. The van der Waals surface area contributed by atoms with Gasteiger partial charge in [-0.3, -0.25) is 10.3 Å². The average Bonchev–Trinajstić information content (AvgIpc) is 1.93. The molecular weight excluding hydrogens is 202 g/mol. The lowest BCUT2D eigenvalue weighted by atomic mass is 10.7. The summed E-state index contributed by atoms with van der Waals surface area (Å²) in [4.78, 5) is 13.9. The summed E-state index contributed by atoms with van der Waals surface area (Å²) >= 11 is 1.35. The topological polar surface area (TPSA) is 78.9 Å². The number of thioether (sulfide) groups is 1. The van der Waals surface area contributed by atoms with Crippen molar-refractivity contribution in [3.8, 4) is 0 Å². The molecular formula is C5H12ClN3O2S. The summed E-state index contributed by atoms with van der Waals surface area (Å²) in [7, 11) is 3.32. The van der Waals surface area contributed by atoms with E-state index in [9.17, 15) is 4.79 Å². The van der Waals surface area contributed by atoms with Crippen LogP contribution in [-0.2, 0) is 0 Å². The number of halogens is 1. The van der Waals surface area contributed by atoms with Crippen LogP contribution in [0.4, 0.5) is 4.79 Å². The molecule has 1 aliphatic rings. The van der Waals surface area contributed by atoms with Crippen LogP contribution in [0, 0.1) is 5.41 Å². The lowest BCUT2D eigenvalue weighted by Crippen LogP contribution is -2.45. The zero-order valence-corrected chi connectivity index (χ0v) is 8.46.